The van der Waals surface area contributed by atoms with E-state index in [0.717, 1.165) is 9.75 Å². The van der Waals surface area contributed by atoms with Gasteiger partial charge in [0.15, 0.2) is 0 Å². The van der Waals surface area contributed by atoms with Crippen molar-refractivity contribution >= 4 is 80.3 Å². The largest absolute Gasteiger partial charge is 0.285 e. The van der Waals surface area contributed by atoms with Gasteiger partial charge in [-0.15, -0.1) is 22.7 Å². The van der Waals surface area contributed by atoms with Crippen LogP contribution in [-0.2, 0) is 9.59 Å². The summed E-state index contributed by atoms with van der Waals surface area (Å²) in [5.74, 6) is -1.48. The molecule has 0 bridgehead atoms. The van der Waals surface area contributed by atoms with Gasteiger partial charge in [-0.25, -0.2) is 0 Å². The van der Waals surface area contributed by atoms with E-state index in [2.05, 4.69) is 38.1 Å². The smallest absolute Gasteiger partial charge is 0.234 e. The second kappa shape index (κ2) is 8.99. The van der Waals surface area contributed by atoms with Gasteiger partial charge < -0.3 is 0 Å². The predicted molar refractivity (Wildman–Crippen MR) is 169 cm³/mol. The van der Waals surface area contributed by atoms with Crippen molar-refractivity contribution in [2.45, 2.75) is 25.7 Å². The Morgan fingerprint density at radius 3 is 1.31 bits per heavy atom. The summed E-state index contributed by atoms with van der Waals surface area (Å²) in [5, 5.41) is 0. The maximum Gasteiger partial charge on any atom is 0.234 e. The molecule has 0 radical (unpaired) electrons. The first-order chi connectivity index (χ1) is 20.3. The highest BCUT2D eigenvalue weighted by Gasteiger charge is 2.38. The summed E-state index contributed by atoms with van der Waals surface area (Å²) in [6.45, 7) is 4.25. The van der Waals surface area contributed by atoms with E-state index in [-0.39, 0.29) is 11.8 Å². The molecule has 42 heavy (non-hydrogen) atoms. The summed E-state index contributed by atoms with van der Waals surface area (Å²) < 4.78 is 0. The van der Waals surface area contributed by atoms with E-state index in [9.17, 15) is 19.2 Å². The number of allylic oxidation sites excluding steroid dienone is 6. The first-order valence-corrected chi connectivity index (χ1v) is 15.4. The minimum atomic E-state index is -0.448. The standard InChI is InChI=1S/C36H22O4S2/c1-17-11-29-30(35-25(17)13-19(41-35)15-27-21-7-3-5-9-23(21)31(37)33(27)39)12-18(2)26-14-20(42-36(26)29)16-28-22-8-4-6-10-24(22)32(38)34(28)40/h3-16,29-30H,1-2H3/b27-15-,28-16-. The third-order valence-electron chi connectivity index (χ3n) is 8.66. The van der Waals surface area contributed by atoms with Crippen LogP contribution in [0.4, 0.5) is 0 Å². The molecule has 0 saturated carbocycles. The van der Waals surface area contributed by atoms with Gasteiger partial charge in [0.2, 0.25) is 23.1 Å². The van der Waals surface area contributed by atoms with Crippen LogP contribution < -0.4 is 0 Å². The molecule has 0 spiro atoms. The normalized spacial score (nSPS) is 22.1. The molecule has 2 unspecified atom stereocenters. The van der Waals surface area contributed by atoms with Gasteiger partial charge in [-0.05, 0) is 71.5 Å². The van der Waals surface area contributed by atoms with Crippen molar-refractivity contribution in [2.75, 3.05) is 0 Å². The minimum absolute atomic E-state index is 0.149. The van der Waals surface area contributed by atoms with E-state index in [1.54, 1.807) is 46.9 Å². The summed E-state index contributed by atoms with van der Waals surface area (Å²) in [7, 11) is 0. The average molecular weight is 583 g/mol. The number of hydrogen-bond acceptors (Lipinski definition) is 6. The second-order valence-corrected chi connectivity index (χ2v) is 13.4. The highest BCUT2D eigenvalue weighted by Crippen LogP contribution is 2.54. The molecule has 0 amide bonds. The van der Waals surface area contributed by atoms with Crippen LogP contribution in [0, 0.1) is 0 Å². The maximum atomic E-state index is 12.8. The fourth-order valence-electron chi connectivity index (χ4n) is 6.64. The number of rotatable bonds is 2. The maximum absolute atomic E-state index is 12.8. The summed E-state index contributed by atoms with van der Waals surface area (Å²) >= 11 is 3.35. The predicted octanol–water partition coefficient (Wildman–Crippen LogP) is 8.12. The third kappa shape index (κ3) is 3.52. The van der Waals surface area contributed by atoms with Crippen LogP contribution in [0.15, 0.2) is 72.8 Å². The summed E-state index contributed by atoms with van der Waals surface area (Å²) in [6, 6.07) is 18.7. The first-order valence-electron chi connectivity index (χ1n) is 13.8. The average Bonchev–Trinajstić information content (AvgIpc) is 3.73. The lowest BCUT2D eigenvalue weighted by Gasteiger charge is -2.31. The van der Waals surface area contributed by atoms with Crippen molar-refractivity contribution in [2.24, 2.45) is 0 Å². The van der Waals surface area contributed by atoms with Gasteiger partial charge in [-0.2, -0.15) is 0 Å². The Bertz CT molecular complexity index is 1940. The number of thiophene rings is 2. The minimum Gasteiger partial charge on any atom is -0.285 e. The van der Waals surface area contributed by atoms with Crippen molar-refractivity contribution in [3.05, 3.63) is 126 Å². The van der Waals surface area contributed by atoms with Gasteiger partial charge in [0.25, 0.3) is 0 Å². The fraction of sp³-hybridized carbons (Fsp3) is 0.111. The Kier molecular flexibility index (Phi) is 5.39. The molecule has 4 aliphatic rings. The number of hydrogen-bond donors (Lipinski definition) is 0. The molecule has 4 nitrogen and oxygen atoms in total. The molecule has 0 saturated heterocycles. The van der Waals surface area contributed by atoms with Crippen LogP contribution in [0.25, 0.3) is 34.4 Å². The molecule has 0 aliphatic heterocycles. The lowest BCUT2D eigenvalue weighted by molar-refractivity contribution is -0.110. The van der Waals surface area contributed by atoms with E-state index in [0.29, 0.717) is 33.4 Å². The van der Waals surface area contributed by atoms with Crippen LogP contribution in [0.3, 0.4) is 0 Å². The summed E-state index contributed by atoms with van der Waals surface area (Å²) in [4.78, 5) is 55.2. The number of Topliss-reactive ketones (excluding diaryl/α,β-unsaturated/α-hetero) is 4. The number of benzene rings is 2. The quantitative estimate of drug-likeness (QED) is 0.177. The van der Waals surface area contributed by atoms with E-state index in [1.165, 1.54) is 32.0 Å². The Labute approximate surface area is 250 Å². The van der Waals surface area contributed by atoms with E-state index < -0.39 is 23.1 Å². The molecule has 202 valence electrons. The van der Waals surface area contributed by atoms with Gasteiger partial charge in [-0.1, -0.05) is 60.7 Å². The van der Waals surface area contributed by atoms with Gasteiger partial charge in [0.05, 0.1) is 0 Å². The number of carbonyl (C=O) groups is 4. The van der Waals surface area contributed by atoms with E-state index in [4.69, 9.17) is 0 Å². The van der Waals surface area contributed by atoms with E-state index >= 15 is 0 Å². The van der Waals surface area contributed by atoms with Crippen LogP contribution in [0.1, 0.15) is 88.2 Å². The monoisotopic (exact) mass is 582 g/mol. The van der Waals surface area contributed by atoms with Crippen LogP contribution in [0.5, 0.6) is 0 Å². The second-order valence-electron chi connectivity index (χ2n) is 11.1. The fourth-order valence-corrected chi connectivity index (χ4v) is 9.22. The molecule has 2 aromatic heterocycles. The zero-order chi connectivity index (χ0) is 28.9. The Morgan fingerprint density at radius 1 is 0.524 bits per heavy atom. The zero-order valence-electron chi connectivity index (χ0n) is 22.7. The molecule has 2 heterocycles. The Morgan fingerprint density at radius 2 is 0.905 bits per heavy atom. The Hall–Kier alpha value is -4.52. The molecule has 4 aliphatic carbocycles. The summed E-state index contributed by atoms with van der Waals surface area (Å²) in [5.41, 5.74) is 7.98. The van der Waals surface area contributed by atoms with Crippen molar-refractivity contribution in [1.29, 1.82) is 0 Å². The molecule has 2 aromatic carbocycles. The van der Waals surface area contributed by atoms with Crippen LogP contribution in [-0.4, -0.2) is 23.1 Å². The number of fused-ring (bicyclic) bond motifs is 7. The third-order valence-corrected chi connectivity index (χ3v) is 11.0. The molecule has 0 fully saturated rings. The molecule has 4 aromatic rings. The van der Waals surface area contributed by atoms with Gasteiger partial charge in [-0.3, -0.25) is 19.2 Å². The molecule has 0 N–H and O–H groups in total. The summed E-state index contributed by atoms with van der Waals surface area (Å²) in [6.07, 6.45) is 8.39. The Balaban J connectivity index is 1.18. The molecular weight excluding hydrogens is 561 g/mol. The number of carbonyl (C=O) groups excluding carboxylic acids is 4. The number of ketones is 4. The molecule has 2 atom stereocenters. The SMILES string of the molecule is CC1=CC2c3sc(/C=C4\C(=O)C(=O)c5ccccc54)cc3C(C)=CC2c2sc(/C=C3\C(=O)C(=O)c4ccccc43)cc21. The van der Waals surface area contributed by atoms with Gasteiger partial charge >= 0.3 is 0 Å². The van der Waals surface area contributed by atoms with Crippen LogP contribution >= 0.6 is 22.7 Å². The van der Waals surface area contributed by atoms with Crippen molar-refractivity contribution in [1.82, 2.24) is 0 Å². The van der Waals surface area contributed by atoms with Gasteiger partial charge in [0, 0.05) is 53.6 Å². The van der Waals surface area contributed by atoms with E-state index in [1.807, 2.05) is 36.4 Å². The lowest BCUT2D eigenvalue weighted by Crippen LogP contribution is -2.15. The highest BCUT2D eigenvalue weighted by atomic mass is 32.1. The highest BCUT2D eigenvalue weighted by molar-refractivity contribution is 7.14. The van der Waals surface area contributed by atoms with Crippen molar-refractivity contribution in [3.63, 3.8) is 0 Å². The van der Waals surface area contributed by atoms with Crippen molar-refractivity contribution < 1.29 is 19.2 Å². The first kappa shape index (κ1) is 25.2. The zero-order valence-corrected chi connectivity index (χ0v) is 24.3. The van der Waals surface area contributed by atoms with Crippen molar-refractivity contribution in [3.8, 4) is 0 Å². The molecule has 8 rings (SSSR count). The molecular formula is C36H22O4S2. The lowest BCUT2D eigenvalue weighted by atomic mass is 9.75. The van der Waals surface area contributed by atoms with Crippen LogP contribution in [0.2, 0.25) is 0 Å². The molecule has 6 heteroatoms. The van der Waals surface area contributed by atoms with Gasteiger partial charge in [0.1, 0.15) is 0 Å². The topological polar surface area (TPSA) is 68.3 Å².